The minimum absolute atomic E-state index is 0.478. The first-order valence-electron chi connectivity index (χ1n) is 6.88. The van der Waals surface area contributed by atoms with Crippen LogP contribution in [-0.2, 0) is 19.0 Å². The van der Waals surface area contributed by atoms with Crippen molar-refractivity contribution < 1.29 is 4.74 Å². The molecule has 108 valence electrons. The molecule has 3 aromatic rings. The van der Waals surface area contributed by atoms with Crippen LogP contribution in [0.4, 0.5) is 0 Å². The number of nitrogens with zero attached hydrogens (tertiary/aromatic N) is 2. The monoisotopic (exact) mass is 344 g/mol. The molecule has 0 unspecified atom stereocenters. The van der Waals surface area contributed by atoms with Crippen LogP contribution < -0.4 is 4.74 Å². The number of aryl methyl sites for hydroxylation is 2. The van der Waals surface area contributed by atoms with E-state index in [1.165, 1.54) is 0 Å². The SMILES string of the molecule is Cc1cccc(CBr)c1OCc1nn(C)c2ccccc12. The highest BCUT2D eigenvalue weighted by Gasteiger charge is 2.11. The molecule has 0 fully saturated rings. The normalized spacial score (nSPS) is 11.0. The molecule has 3 nitrogen and oxygen atoms in total. The summed E-state index contributed by atoms with van der Waals surface area (Å²) in [4.78, 5) is 0. The van der Waals surface area contributed by atoms with Gasteiger partial charge in [0.2, 0.25) is 0 Å². The van der Waals surface area contributed by atoms with Gasteiger partial charge in [-0.15, -0.1) is 0 Å². The highest BCUT2D eigenvalue weighted by atomic mass is 79.9. The van der Waals surface area contributed by atoms with Crippen LogP contribution in [0.25, 0.3) is 10.9 Å². The van der Waals surface area contributed by atoms with Gasteiger partial charge in [0.05, 0.1) is 5.52 Å². The summed E-state index contributed by atoms with van der Waals surface area (Å²) in [6, 6.07) is 14.4. The summed E-state index contributed by atoms with van der Waals surface area (Å²) in [5.41, 5.74) is 4.40. The van der Waals surface area contributed by atoms with Crippen LogP contribution >= 0.6 is 15.9 Å². The van der Waals surface area contributed by atoms with Crippen LogP contribution in [0.5, 0.6) is 5.75 Å². The number of ether oxygens (including phenoxy) is 1. The number of aromatic nitrogens is 2. The van der Waals surface area contributed by atoms with E-state index < -0.39 is 0 Å². The quantitative estimate of drug-likeness (QED) is 0.657. The lowest BCUT2D eigenvalue weighted by atomic mass is 10.1. The van der Waals surface area contributed by atoms with Crippen LogP contribution in [0.2, 0.25) is 0 Å². The molecule has 4 heteroatoms. The summed E-state index contributed by atoms with van der Waals surface area (Å²) in [6.45, 7) is 2.55. The fourth-order valence-electron chi connectivity index (χ4n) is 2.56. The fourth-order valence-corrected chi connectivity index (χ4v) is 3.00. The average molecular weight is 345 g/mol. The van der Waals surface area contributed by atoms with Crippen molar-refractivity contribution in [2.75, 3.05) is 0 Å². The summed E-state index contributed by atoms with van der Waals surface area (Å²) >= 11 is 3.51. The third kappa shape index (κ3) is 2.68. The van der Waals surface area contributed by atoms with Gasteiger partial charge in [-0.25, -0.2) is 0 Å². The molecule has 0 amide bonds. The molecule has 0 N–H and O–H groups in total. The molecule has 21 heavy (non-hydrogen) atoms. The van der Waals surface area contributed by atoms with Gasteiger partial charge in [0.15, 0.2) is 0 Å². The Bertz CT molecular complexity index is 780. The maximum atomic E-state index is 6.06. The molecule has 1 heterocycles. The van der Waals surface area contributed by atoms with Gasteiger partial charge in [-0.05, 0) is 18.6 Å². The minimum atomic E-state index is 0.478. The molecule has 3 rings (SSSR count). The highest BCUT2D eigenvalue weighted by Crippen LogP contribution is 2.27. The van der Waals surface area contributed by atoms with Crippen molar-refractivity contribution in [3.63, 3.8) is 0 Å². The Morgan fingerprint density at radius 3 is 2.76 bits per heavy atom. The van der Waals surface area contributed by atoms with E-state index in [9.17, 15) is 0 Å². The van der Waals surface area contributed by atoms with Gasteiger partial charge >= 0.3 is 0 Å². The molecule has 0 atom stereocenters. The lowest BCUT2D eigenvalue weighted by Crippen LogP contribution is -2.01. The van der Waals surface area contributed by atoms with Crippen molar-refractivity contribution in [1.82, 2.24) is 9.78 Å². The van der Waals surface area contributed by atoms with Gasteiger partial charge in [-0.1, -0.05) is 52.3 Å². The number of benzene rings is 2. The maximum absolute atomic E-state index is 6.06. The van der Waals surface area contributed by atoms with Gasteiger partial charge in [0, 0.05) is 23.3 Å². The van der Waals surface area contributed by atoms with E-state index in [0.717, 1.165) is 38.8 Å². The topological polar surface area (TPSA) is 27.1 Å². The molecule has 0 aliphatic rings. The number of hydrogen-bond donors (Lipinski definition) is 0. The number of halogens is 1. The Morgan fingerprint density at radius 2 is 1.95 bits per heavy atom. The van der Waals surface area contributed by atoms with E-state index in [1.54, 1.807) is 0 Å². The van der Waals surface area contributed by atoms with Crippen molar-refractivity contribution in [1.29, 1.82) is 0 Å². The summed E-state index contributed by atoms with van der Waals surface area (Å²) in [5.74, 6) is 0.948. The van der Waals surface area contributed by atoms with Crippen LogP contribution in [0.3, 0.4) is 0 Å². The first-order chi connectivity index (χ1) is 10.2. The van der Waals surface area contributed by atoms with E-state index >= 15 is 0 Å². The number of fused-ring (bicyclic) bond motifs is 1. The van der Waals surface area contributed by atoms with Crippen LogP contribution in [0.1, 0.15) is 16.8 Å². The second kappa shape index (κ2) is 5.90. The number of hydrogen-bond acceptors (Lipinski definition) is 2. The smallest absolute Gasteiger partial charge is 0.133 e. The van der Waals surface area contributed by atoms with Crippen LogP contribution in [0, 0.1) is 6.92 Å². The number of rotatable bonds is 4. The van der Waals surface area contributed by atoms with Crippen molar-refractivity contribution in [2.45, 2.75) is 18.9 Å². The standard InChI is InChI=1S/C17H17BrN2O/c1-12-6-5-7-13(10-18)17(12)21-11-15-14-8-3-4-9-16(14)20(2)19-15/h3-9H,10-11H2,1-2H3. The Balaban J connectivity index is 1.91. The van der Waals surface area contributed by atoms with Gasteiger partial charge in [-0.2, -0.15) is 5.10 Å². The summed E-state index contributed by atoms with van der Waals surface area (Å²) in [5, 5.41) is 6.50. The summed E-state index contributed by atoms with van der Waals surface area (Å²) in [7, 11) is 1.96. The van der Waals surface area contributed by atoms with Crippen LogP contribution in [0.15, 0.2) is 42.5 Å². The molecule has 0 saturated carbocycles. The van der Waals surface area contributed by atoms with Crippen molar-refractivity contribution in [3.05, 3.63) is 59.3 Å². The lowest BCUT2D eigenvalue weighted by molar-refractivity contribution is 0.297. The molecular weight excluding hydrogens is 328 g/mol. The van der Waals surface area contributed by atoms with Crippen LogP contribution in [-0.4, -0.2) is 9.78 Å². The molecule has 0 spiro atoms. The van der Waals surface area contributed by atoms with Crippen molar-refractivity contribution >= 4 is 26.8 Å². The van der Waals surface area contributed by atoms with E-state index in [-0.39, 0.29) is 0 Å². The van der Waals surface area contributed by atoms with Gasteiger partial charge < -0.3 is 4.74 Å². The molecular formula is C17H17BrN2O. The third-order valence-electron chi connectivity index (χ3n) is 3.62. The summed E-state index contributed by atoms with van der Waals surface area (Å²) in [6.07, 6.45) is 0. The second-order valence-electron chi connectivity index (χ2n) is 5.07. The third-order valence-corrected chi connectivity index (χ3v) is 4.23. The van der Waals surface area contributed by atoms with Gasteiger partial charge in [0.1, 0.15) is 18.1 Å². The second-order valence-corrected chi connectivity index (χ2v) is 5.63. The molecule has 0 bridgehead atoms. The Morgan fingerprint density at radius 1 is 1.14 bits per heavy atom. The van der Waals surface area contributed by atoms with Crippen molar-refractivity contribution in [2.24, 2.45) is 7.05 Å². The fraction of sp³-hybridized carbons (Fsp3) is 0.235. The van der Waals surface area contributed by atoms with E-state index in [4.69, 9.17) is 4.74 Å². The van der Waals surface area contributed by atoms with Gasteiger partial charge in [-0.3, -0.25) is 4.68 Å². The van der Waals surface area contributed by atoms with E-state index in [2.05, 4.69) is 58.3 Å². The molecule has 0 aliphatic heterocycles. The zero-order valence-corrected chi connectivity index (χ0v) is 13.7. The number of alkyl halides is 1. The predicted octanol–water partition coefficient (Wildman–Crippen LogP) is 4.36. The molecule has 2 aromatic carbocycles. The summed E-state index contributed by atoms with van der Waals surface area (Å²) < 4.78 is 7.96. The largest absolute Gasteiger partial charge is 0.487 e. The maximum Gasteiger partial charge on any atom is 0.133 e. The van der Waals surface area contributed by atoms with Crippen molar-refractivity contribution in [3.8, 4) is 5.75 Å². The zero-order valence-electron chi connectivity index (χ0n) is 12.1. The predicted molar refractivity (Wildman–Crippen MR) is 88.9 cm³/mol. The minimum Gasteiger partial charge on any atom is -0.487 e. The molecule has 0 aliphatic carbocycles. The van der Waals surface area contributed by atoms with Gasteiger partial charge in [0.25, 0.3) is 0 Å². The molecule has 0 saturated heterocycles. The first kappa shape index (κ1) is 14.1. The lowest BCUT2D eigenvalue weighted by Gasteiger charge is -2.12. The number of para-hydroxylation sites is 2. The highest BCUT2D eigenvalue weighted by molar-refractivity contribution is 9.08. The Hall–Kier alpha value is -1.81. The Labute approximate surface area is 132 Å². The zero-order chi connectivity index (χ0) is 14.8. The molecule has 0 radical (unpaired) electrons. The first-order valence-corrected chi connectivity index (χ1v) is 8.00. The molecule has 1 aromatic heterocycles. The Kier molecular flexibility index (Phi) is 3.97. The van der Waals surface area contributed by atoms with E-state index in [1.807, 2.05) is 23.9 Å². The average Bonchev–Trinajstić information content (AvgIpc) is 2.83. The van der Waals surface area contributed by atoms with E-state index in [0.29, 0.717) is 6.61 Å².